The highest BCUT2D eigenvalue weighted by atomic mass is 16.5. The second-order valence-electron chi connectivity index (χ2n) is 5.18. The van der Waals surface area contributed by atoms with Crippen LogP contribution < -0.4 is 0 Å². The molecule has 0 rings (SSSR count). The fraction of sp³-hybridized carbons (Fsp3) is 1.00. The van der Waals surface area contributed by atoms with Crippen LogP contribution in [0.3, 0.4) is 0 Å². The maximum absolute atomic E-state index is 9.63. The molecule has 0 atom stereocenters. The van der Waals surface area contributed by atoms with Crippen LogP contribution in [0, 0.1) is 5.41 Å². The van der Waals surface area contributed by atoms with Crippen LogP contribution in [0.2, 0.25) is 0 Å². The van der Waals surface area contributed by atoms with Gasteiger partial charge in [-0.15, -0.1) is 0 Å². The van der Waals surface area contributed by atoms with Gasteiger partial charge in [0.05, 0.1) is 0 Å². The Morgan fingerprint density at radius 2 is 1.54 bits per heavy atom. The first-order valence-corrected chi connectivity index (χ1v) is 5.21. The highest BCUT2D eigenvalue weighted by Crippen LogP contribution is 2.28. The molecule has 0 unspecified atom stereocenters. The van der Waals surface area contributed by atoms with Crippen molar-refractivity contribution in [2.45, 2.75) is 65.6 Å². The fourth-order valence-electron chi connectivity index (χ4n) is 1.60. The molecular weight excluding hydrogens is 164 g/mol. The van der Waals surface area contributed by atoms with E-state index in [4.69, 9.17) is 0 Å². The number of hydrogen-bond acceptors (Lipinski definition) is 2. The van der Waals surface area contributed by atoms with Crippen molar-refractivity contribution >= 4 is 0 Å². The maximum Gasteiger partial charge on any atom is 0.162 e. The third-order valence-corrected chi connectivity index (χ3v) is 1.99. The average molecular weight is 188 g/mol. The van der Waals surface area contributed by atoms with E-state index in [-0.39, 0.29) is 5.41 Å². The molecule has 0 amide bonds. The molecule has 2 heteroatoms. The average Bonchev–Trinajstić information content (AvgIpc) is 1.81. The fourth-order valence-corrected chi connectivity index (χ4v) is 1.60. The molecule has 0 radical (unpaired) electrons. The van der Waals surface area contributed by atoms with E-state index in [1.807, 2.05) is 20.8 Å². The smallest absolute Gasteiger partial charge is 0.162 e. The normalized spacial score (nSPS) is 13.4. The Hall–Kier alpha value is -0.0800. The summed E-state index contributed by atoms with van der Waals surface area (Å²) in [5, 5.41) is 19.3. The first-order chi connectivity index (χ1) is 5.77. The van der Waals surface area contributed by atoms with Crippen LogP contribution in [0.5, 0.6) is 0 Å². The molecule has 0 aromatic carbocycles. The Bertz CT molecular complexity index is 134. The van der Waals surface area contributed by atoms with Crippen molar-refractivity contribution in [2.24, 2.45) is 5.41 Å². The van der Waals surface area contributed by atoms with Crippen molar-refractivity contribution in [1.82, 2.24) is 0 Å². The molecule has 0 aromatic heterocycles. The van der Waals surface area contributed by atoms with Gasteiger partial charge in [0.2, 0.25) is 0 Å². The van der Waals surface area contributed by atoms with Gasteiger partial charge in [-0.25, -0.2) is 0 Å². The Morgan fingerprint density at radius 1 is 1.00 bits per heavy atom. The zero-order valence-corrected chi connectivity index (χ0v) is 9.43. The molecule has 13 heavy (non-hydrogen) atoms. The first-order valence-electron chi connectivity index (χ1n) is 5.21. The standard InChI is InChI=1S/C11H24O2/c1-5-6-7-8-11(12,13)9-10(2,3)4/h12-13H,5-9H2,1-4H3. The lowest BCUT2D eigenvalue weighted by Gasteiger charge is -2.29. The molecule has 0 heterocycles. The zero-order chi connectivity index (χ0) is 10.5. The topological polar surface area (TPSA) is 40.5 Å². The summed E-state index contributed by atoms with van der Waals surface area (Å²) in [6.07, 6.45) is 4.04. The monoisotopic (exact) mass is 188 g/mol. The lowest BCUT2D eigenvalue weighted by atomic mass is 9.85. The molecule has 0 saturated carbocycles. The predicted molar refractivity (Wildman–Crippen MR) is 55.4 cm³/mol. The van der Waals surface area contributed by atoms with Crippen molar-refractivity contribution in [1.29, 1.82) is 0 Å². The molecular formula is C11H24O2. The van der Waals surface area contributed by atoms with Gasteiger partial charge in [-0.05, 0) is 11.8 Å². The van der Waals surface area contributed by atoms with Crippen molar-refractivity contribution in [3.8, 4) is 0 Å². The Balaban J connectivity index is 3.80. The van der Waals surface area contributed by atoms with Crippen molar-refractivity contribution in [2.75, 3.05) is 0 Å². The molecule has 0 aliphatic carbocycles. The lowest BCUT2D eigenvalue weighted by molar-refractivity contribution is -0.185. The van der Waals surface area contributed by atoms with Gasteiger partial charge in [-0.3, -0.25) is 0 Å². The van der Waals surface area contributed by atoms with Gasteiger partial charge in [-0.1, -0.05) is 40.5 Å². The first kappa shape index (κ1) is 12.9. The third kappa shape index (κ3) is 8.26. The van der Waals surface area contributed by atoms with Crippen molar-refractivity contribution in [3.05, 3.63) is 0 Å². The van der Waals surface area contributed by atoms with Crippen molar-refractivity contribution < 1.29 is 10.2 Å². The molecule has 2 nitrogen and oxygen atoms in total. The van der Waals surface area contributed by atoms with E-state index in [0.717, 1.165) is 19.3 Å². The van der Waals surface area contributed by atoms with Crippen LogP contribution in [-0.4, -0.2) is 16.0 Å². The summed E-state index contributed by atoms with van der Waals surface area (Å²) in [4.78, 5) is 0. The van der Waals surface area contributed by atoms with Gasteiger partial charge in [0.1, 0.15) is 0 Å². The molecule has 0 aromatic rings. The highest BCUT2D eigenvalue weighted by Gasteiger charge is 2.28. The molecule has 0 aliphatic heterocycles. The number of aliphatic hydroxyl groups is 2. The summed E-state index contributed by atoms with van der Waals surface area (Å²) in [6.45, 7) is 8.18. The molecule has 0 saturated heterocycles. The Labute approximate surface area is 82.0 Å². The second kappa shape index (κ2) is 4.97. The van der Waals surface area contributed by atoms with Crippen LogP contribution in [-0.2, 0) is 0 Å². The summed E-state index contributed by atoms with van der Waals surface area (Å²) >= 11 is 0. The van der Waals surface area contributed by atoms with Crippen LogP contribution in [0.1, 0.15) is 59.8 Å². The van der Waals surface area contributed by atoms with Crippen LogP contribution in [0.25, 0.3) is 0 Å². The molecule has 0 spiro atoms. The second-order valence-corrected chi connectivity index (χ2v) is 5.18. The SMILES string of the molecule is CCCCCC(O)(O)CC(C)(C)C. The van der Waals surface area contributed by atoms with Crippen molar-refractivity contribution in [3.63, 3.8) is 0 Å². The maximum atomic E-state index is 9.63. The van der Waals surface area contributed by atoms with Gasteiger partial charge in [0, 0.05) is 12.8 Å². The summed E-state index contributed by atoms with van der Waals surface area (Å²) in [5.74, 6) is -1.46. The van der Waals surface area contributed by atoms with Crippen LogP contribution >= 0.6 is 0 Å². The van der Waals surface area contributed by atoms with Crippen LogP contribution in [0.4, 0.5) is 0 Å². The molecule has 0 fully saturated rings. The lowest BCUT2D eigenvalue weighted by Crippen LogP contribution is -2.33. The van der Waals surface area contributed by atoms with E-state index in [1.165, 1.54) is 0 Å². The minimum absolute atomic E-state index is 0.0181. The quantitative estimate of drug-likeness (QED) is 0.514. The molecule has 80 valence electrons. The van der Waals surface area contributed by atoms with Gasteiger partial charge in [-0.2, -0.15) is 0 Å². The number of rotatable bonds is 5. The summed E-state index contributed by atoms with van der Waals surface area (Å²) in [7, 11) is 0. The minimum Gasteiger partial charge on any atom is -0.366 e. The molecule has 0 bridgehead atoms. The van der Waals surface area contributed by atoms with Gasteiger partial charge in [0.15, 0.2) is 5.79 Å². The minimum atomic E-state index is -1.46. The largest absolute Gasteiger partial charge is 0.366 e. The summed E-state index contributed by atoms with van der Waals surface area (Å²) < 4.78 is 0. The number of unbranched alkanes of at least 4 members (excludes halogenated alkanes) is 2. The van der Waals surface area contributed by atoms with Gasteiger partial charge >= 0.3 is 0 Å². The Kier molecular flexibility index (Phi) is 4.93. The van der Waals surface area contributed by atoms with E-state index < -0.39 is 5.79 Å². The van der Waals surface area contributed by atoms with Crippen LogP contribution in [0.15, 0.2) is 0 Å². The predicted octanol–water partition coefficient (Wildman–Crippen LogP) is 2.68. The summed E-state index contributed by atoms with van der Waals surface area (Å²) in [5.41, 5.74) is -0.0181. The van der Waals surface area contributed by atoms with E-state index in [1.54, 1.807) is 0 Å². The van der Waals surface area contributed by atoms with E-state index in [9.17, 15) is 10.2 Å². The molecule has 2 N–H and O–H groups in total. The third-order valence-electron chi connectivity index (χ3n) is 1.99. The molecule has 0 aliphatic rings. The van der Waals surface area contributed by atoms with Gasteiger partial charge in [0.25, 0.3) is 0 Å². The van der Waals surface area contributed by atoms with Gasteiger partial charge < -0.3 is 10.2 Å². The van der Waals surface area contributed by atoms with E-state index >= 15 is 0 Å². The number of hydrogen-bond donors (Lipinski definition) is 2. The van der Waals surface area contributed by atoms with E-state index in [0.29, 0.717) is 12.8 Å². The summed E-state index contributed by atoms with van der Waals surface area (Å²) in [6, 6.07) is 0. The zero-order valence-electron chi connectivity index (χ0n) is 9.43. The van der Waals surface area contributed by atoms with E-state index in [2.05, 4.69) is 6.92 Å². The highest BCUT2D eigenvalue weighted by molar-refractivity contribution is 4.73. The Morgan fingerprint density at radius 3 is 1.92 bits per heavy atom.